The summed E-state index contributed by atoms with van der Waals surface area (Å²) in [7, 11) is 5.66. The minimum atomic E-state index is -0.869. The molecule has 0 aromatic carbocycles. The van der Waals surface area contributed by atoms with Gasteiger partial charge in [-0.3, -0.25) is 4.99 Å². The molecule has 0 aliphatic rings. The van der Waals surface area contributed by atoms with Crippen LogP contribution in [0.1, 0.15) is 10.7 Å². The van der Waals surface area contributed by atoms with Gasteiger partial charge in [0.2, 0.25) is 0 Å². The molecule has 0 aliphatic heterocycles. The van der Waals surface area contributed by atoms with Gasteiger partial charge in [0.05, 0.1) is 5.69 Å². The standard InChI is InChI=1S/C12H23N5O2S2/c1-13-11(6-17(18)19)14-4-5-20-8-10-9-21-12(15-10)7-16(2)3/h9,17-18H,4-8H2,1-3H3,(H,13,14). The van der Waals surface area contributed by atoms with Crippen molar-refractivity contribution in [2.24, 2.45) is 4.99 Å². The Hall–Kier alpha value is -0.710. The van der Waals surface area contributed by atoms with Crippen LogP contribution in [0.2, 0.25) is 0 Å². The van der Waals surface area contributed by atoms with E-state index in [4.69, 9.17) is 5.21 Å². The number of aliphatic imine (C=N–C) groups is 1. The highest BCUT2D eigenvalue weighted by Crippen LogP contribution is 2.16. The van der Waals surface area contributed by atoms with Gasteiger partial charge in [-0.2, -0.15) is 11.8 Å². The fourth-order valence-corrected chi connectivity index (χ4v) is 3.33. The van der Waals surface area contributed by atoms with E-state index in [-0.39, 0.29) is 6.54 Å². The number of amidine groups is 1. The SMILES string of the molecule is CN=C(C[NH+]([O-])O)NCCSCc1csc(CN(C)C)n1. The summed E-state index contributed by atoms with van der Waals surface area (Å²) in [6.07, 6.45) is 0. The van der Waals surface area contributed by atoms with Crippen LogP contribution >= 0.6 is 23.1 Å². The molecule has 0 amide bonds. The lowest BCUT2D eigenvalue weighted by molar-refractivity contribution is -1.04. The maximum absolute atomic E-state index is 10.6. The van der Waals surface area contributed by atoms with Gasteiger partial charge in [-0.25, -0.2) is 15.4 Å². The summed E-state index contributed by atoms with van der Waals surface area (Å²) >= 11 is 3.47. The Morgan fingerprint density at radius 2 is 2.38 bits per heavy atom. The van der Waals surface area contributed by atoms with E-state index in [1.54, 1.807) is 30.1 Å². The molecule has 1 unspecified atom stereocenters. The average Bonchev–Trinajstić information content (AvgIpc) is 2.83. The van der Waals surface area contributed by atoms with E-state index < -0.39 is 5.23 Å². The molecule has 3 N–H and O–H groups in total. The Morgan fingerprint density at radius 1 is 1.62 bits per heavy atom. The molecule has 0 bridgehead atoms. The zero-order valence-corrected chi connectivity index (χ0v) is 14.3. The highest BCUT2D eigenvalue weighted by Gasteiger charge is 2.04. The Balaban J connectivity index is 2.18. The maximum Gasteiger partial charge on any atom is 0.164 e. The fraction of sp³-hybridized carbons (Fsp3) is 0.667. The van der Waals surface area contributed by atoms with Gasteiger partial charge >= 0.3 is 0 Å². The summed E-state index contributed by atoms with van der Waals surface area (Å²) in [4.78, 5) is 10.6. The van der Waals surface area contributed by atoms with Gasteiger partial charge in [-0.15, -0.1) is 11.3 Å². The molecule has 120 valence electrons. The molecular formula is C12H23N5O2S2. The average molecular weight is 333 g/mol. The molecule has 7 nitrogen and oxygen atoms in total. The molecular weight excluding hydrogens is 310 g/mol. The number of quaternary nitrogens is 1. The number of thiazole rings is 1. The number of aromatic nitrogens is 1. The van der Waals surface area contributed by atoms with E-state index in [1.165, 1.54) is 0 Å². The molecule has 1 heterocycles. The van der Waals surface area contributed by atoms with Crippen molar-refractivity contribution in [3.05, 3.63) is 21.3 Å². The van der Waals surface area contributed by atoms with Gasteiger partial charge in [0, 0.05) is 37.0 Å². The molecule has 1 aromatic heterocycles. The van der Waals surface area contributed by atoms with E-state index in [0.717, 1.165) is 28.8 Å². The third-order valence-corrected chi connectivity index (χ3v) is 4.34. The van der Waals surface area contributed by atoms with E-state index in [1.807, 2.05) is 14.1 Å². The van der Waals surface area contributed by atoms with E-state index in [0.29, 0.717) is 12.4 Å². The largest absolute Gasteiger partial charge is 0.600 e. The Bertz CT molecular complexity index is 437. The second-order valence-corrected chi connectivity index (χ2v) is 6.74. The lowest BCUT2D eigenvalue weighted by Crippen LogP contribution is -3.06. The Labute approximate surface area is 133 Å². The zero-order chi connectivity index (χ0) is 15.7. The predicted molar refractivity (Wildman–Crippen MR) is 88.0 cm³/mol. The normalized spacial score (nSPS) is 13.7. The van der Waals surface area contributed by atoms with Crippen LogP contribution in [0.25, 0.3) is 0 Å². The van der Waals surface area contributed by atoms with E-state index in [2.05, 4.69) is 25.6 Å². The molecule has 0 aliphatic carbocycles. The lowest BCUT2D eigenvalue weighted by Gasteiger charge is -2.14. The second kappa shape index (κ2) is 10.1. The Morgan fingerprint density at radius 3 is 3.00 bits per heavy atom. The van der Waals surface area contributed by atoms with Crippen molar-refractivity contribution in [1.82, 2.24) is 15.2 Å². The summed E-state index contributed by atoms with van der Waals surface area (Å²) < 4.78 is 0. The van der Waals surface area contributed by atoms with Gasteiger partial charge in [0.25, 0.3) is 0 Å². The maximum atomic E-state index is 10.6. The number of hydrogen-bond acceptors (Lipinski definition) is 7. The topological polar surface area (TPSA) is 88.2 Å². The summed E-state index contributed by atoms with van der Waals surface area (Å²) in [6.45, 7) is 1.53. The minimum absolute atomic E-state index is 0.0544. The van der Waals surface area contributed by atoms with Crippen LogP contribution in [0.15, 0.2) is 10.4 Å². The summed E-state index contributed by atoms with van der Waals surface area (Å²) in [5, 5.41) is 24.7. The lowest BCUT2D eigenvalue weighted by atomic mass is 10.5. The molecule has 1 atom stereocenters. The zero-order valence-electron chi connectivity index (χ0n) is 12.6. The molecule has 21 heavy (non-hydrogen) atoms. The first-order valence-electron chi connectivity index (χ1n) is 6.58. The van der Waals surface area contributed by atoms with Crippen molar-refractivity contribution < 1.29 is 10.4 Å². The van der Waals surface area contributed by atoms with Crippen molar-refractivity contribution in [3.8, 4) is 0 Å². The summed E-state index contributed by atoms with van der Waals surface area (Å²) in [6, 6.07) is 0. The first kappa shape index (κ1) is 18.3. The number of hydrogen-bond donors (Lipinski definition) is 3. The molecule has 0 fully saturated rings. The first-order valence-corrected chi connectivity index (χ1v) is 8.61. The molecule has 0 saturated carbocycles. The molecule has 0 saturated heterocycles. The number of thioether (sulfide) groups is 1. The van der Waals surface area contributed by atoms with Crippen molar-refractivity contribution in [2.45, 2.75) is 12.3 Å². The number of rotatable bonds is 9. The quantitative estimate of drug-likeness (QED) is 0.252. The third kappa shape index (κ3) is 8.34. The van der Waals surface area contributed by atoms with Gasteiger partial charge in [0.15, 0.2) is 12.4 Å². The van der Waals surface area contributed by atoms with Crippen LogP contribution in [-0.2, 0) is 12.3 Å². The van der Waals surface area contributed by atoms with Crippen LogP contribution in [0, 0.1) is 5.21 Å². The Kier molecular flexibility index (Phi) is 8.81. The molecule has 0 spiro atoms. The van der Waals surface area contributed by atoms with Crippen molar-refractivity contribution in [2.75, 3.05) is 40.0 Å². The van der Waals surface area contributed by atoms with Crippen LogP contribution in [0.3, 0.4) is 0 Å². The number of nitrogens with zero attached hydrogens (tertiary/aromatic N) is 3. The molecule has 1 aromatic rings. The van der Waals surface area contributed by atoms with E-state index >= 15 is 0 Å². The van der Waals surface area contributed by atoms with E-state index in [9.17, 15) is 5.21 Å². The van der Waals surface area contributed by atoms with Crippen molar-refractivity contribution in [1.29, 1.82) is 0 Å². The predicted octanol–water partition coefficient (Wildman–Crippen LogP) is -0.172. The molecule has 1 rings (SSSR count). The molecule has 9 heteroatoms. The van der Waals surface area contributed by atoms with Crippen LogP contribution in [0.5, 0.6) is 0 Å². The third-order valence-electron chi connectivity index (χ3n) is 2.46. The van der Waals surface area contributed by atoms with Gasteiger partial charge in [-0.05, 0) is 14.1 Å². The van der Waals surface area contributed by atoms with Crippen molar-refractivity contribution >= 4 is 28.9 Å². The highest BCUT2D eigenvalue weighted by molar-refractivity contribution is 7.98. The van der Waals surface area contributed by atoms with Crippen molar-refractivity contribution in [3.63, 3.8) is 0 Å². The minimum Gasteiger partial charge on any atom is -0.600 e. The summed E-state index contributed by atoms with van der Waals surface area (Å²) in [5.41, 5.74) is 1.11. The van der Waals surface area contributed by atoms with Crippen LogP contribution < -0.4 is 10.5 Å². The second-order valence-electron chi connectivity index (χ2n) is 4.69. The number of nitrogens with one attached hydrogen (secondary N) is 2. The van der Waals surface area contributed by atoms with Gasteiger partial charge in [0.1, 0.15) is 5.01 Å². The van der Waals surface area contributed by atoms with Crippen LogP contribution in [-0.4, -0.2) is 60.9 Å². The number of hydroxylamine groups is 2. The highest BCUT2D eigenvalue weighted by atomic mass is 32.2. The van der Waals surface area contributed by atoms with Crippen LogP contribution in [0.4, 0.5) is 0 Å². The fourth-order valence-electron chi connectivity index (χ4n) is 1.57. The smallest absolute Gasteiger partial charge is 0.164 e. The summed E-state index contributed by atoms with van der Waals surface area (Å²) in [5.74, 6) is 2.28. The van der Waals surface area contributed by atoms with Gasteiger partial charge < -0.3 is 15.4 Å². The molecule has 0 radical (unpaired) electrons. The first-order chi connectivity index (χ1) is 10.0. The van der Waals surface area contributed by atoms with Gasteiger partial charge in [-0.1, -0.05) is 0 Å². The monoisotopic (exact) mass is 333 g/mol.